The monoisotopic (exact) mass is 166 g/mol. The lowest BCUT2D eigenvalue weighted by molar-refractivity contribution is -0.123. The molecule has 3 atom stereocenters. The Kier molecular flexibility index (Phi) is 2.69. The van der Waals surface area contributed by atoms with Gasteiger partial charge in [0, 0.05) is 12.0 Å². The number of amides is 1. The minimum Gasteiger partial charge on any atom is -0.352 e. The average Bonchev–Trinajstić information content (AvgIpc) is 2.67. The topological polar surface area (TPSA) is 52.9 Å². The van der Waals surface area contributed by atoms with Crippen LogP contribution in [0.15, 0.2) is 0 Å². The Bertz CT molecular complexity index is 219. The van der Waals surface area contributed by atoms with E-state index in [1.165, 1.54) is 0 Å². The summed E-state index contributed by atoms with van der Waals surface area (Å²) in [4.78, 5) is 11.3. The number of hydrogen-bond donors (Lipinski definition) is 1. The summed E-state index contributed by atoms with van der Waals surface area (Å²) >= 11 is 0. The summed E-state index contributed by atoms with van der Waals surface area (Å²) in [5.74, 6) is 0.871. The fourth-order valence-corrected chi connectivity index (χ4v) is 1.23. The average molecular weight is 166 g/mol. The van der Waals surface area contributed by atoms with Gasteiger partial charge in [0.1, 0.15) is 0 Å². The van der Waals surface area contributed by atoms with Crippen LogP contribution in [0.2, 0.25) is 0 Å². The van der Waals surface area contributed by atoms with Gasteiger partial charge in [-0.25, -0.2) is 0 Å². The van der Waals surface area contributed by atoms with Gasteiger partial charge >= 0.3 is 0 Å². The number of carbonyl (C=O) groups excluding carboxylic acids is 1. The second-order valence-corrected chi connectivity index (χ2v) is 3.59. The summed E-state index contributed by atoms with van der Waals surface area (Å²) in [6.07, 6.45) is 1.40. The minimum absolute atomic E-state index is 0.00435. The minimum atomic E-state index is -0.00435. The van der Waals surface area contributed by atoms with Crippen LogP contribution in [0.1, 0.15) is 26.7 Å². The maximum absolute atomic E-state index is 11.3. The molecule has 3 heteroatoms. The first-order chi connectivity index (χ1) is 5.65. The summed E-state index contributed by atoms with van der Waals surface area (Å²) in [6, 6.07) is 2.02. The van der Waals surface area contributed by atoms with E-state index in [0.29, 0.717) is 12.3 Å². The van der Waals surface area contributed by atoms with Crippen molar-refractivity contribution in [1.29, 1.82) is 5.26 Å². The lowest BCUT2D eigenvalue weighted by Gasteiger charge is -2.09. The second-order valence-electron chi connectivity index (χ2n) is 3.59. The van der Waals surface area contributed by atoms with E-state index in [1.54, 1.807) is 0 Å². The Morgan fingerprint density at radius 2 is 2.42 bits per heavy atom. The first kappa shape index (κ1) is 9.05. The molecule has 0 heterocycles. The summed E-state index contributed by atoms with van der Waals surface area (Å²) in [5.41, 5.74) is 0. The molecule has 0 aromatic heterocycles. The highest BCUT2D eigenvalue weighted by Crippen LogP contribution is 2.37. The van der Waals surface area contributed by atoms with Crippen molar-refractivity contribution in [1.82, 2.24) is 5.32 Å². The maximum Gasteiger partial charge on any atom is 0.223 e. The van der Waals surface area contributed by atoms with Crippen molar-refractivity contribution in [3.05, 3.63) is 0 Å². The van der Waals surface area contributed by atoms with E-state index in [2.05, 4.69) is 12.2 Å². The number of hydrogen-bond acceptors (Lipinski definition) is 2. The van der Waals surface area contributed by atoms with E-state index in [0.717, 1.165) is 6.42 Å². The molecule has 0 saturated heterocycles. The van der Waals surface area contributed by atoms with Crippen molar-refractivity contribution in [3.63, 3.8) is 0 Å². The molecule has 1 fully saturated rings. The van der Waals surface area contributed by atoms with E-state index in [4.69, 9.17) is 5.26 Å². The van der Waals surface area contributed by atoms with Gasteiger partial charge in [0.15, 0.2) is 0 Å². The van der Waals surface area contributed by atoms with Crippen LogP contribution in [0, 0.1) is 23.2 Å². The smallest absolute Gasteiger partial charge is 0.223 e. The fraction of sp³-hybridized carbons (Fsp3) is 0.778. The molecule has 66 valence electrons. The largest absolute Gasteiger partial charge is 0.352 e. The van der Waals surface area contributed by atoms with Gasteiger partial charge in [0.05, 0.1) is 12.5 Å². The summed E-state index contributed by atoms with van der Waals surface area (Å²) in [5, 5.41) is 11.2. The van der Waals surface area contributed by atoms with Crippen molar-refractivity contribution in [3.8, 4) is 6.07 Å². The number of carbonyl (C=O) groups is 1. The highest BCUT2D eigenvalue weighted by atomic mass is 16.2. The molecule has 1 N–H and O–H groups in total. The zero-order valence-corrected chi connectivity index (χ0v) is 7.50. The molecule has 0 aromatic carbocycles. The van der Waals surface area contributed by atoms with Crippen molar-refractivity contribution in [2.75, 3.05) is 0 Å². The lowest BCUT2D eigenvalue weighted by Crippen LogP contribution is -2.33. The van der Waals surface area contributed by atoms with E-state index < -0.39 is 0 Å². The zero-order chi connectivity index (χ0) is 9.14. The Balaban J connectivity index is 2.23. The van der Waals surface area contributed by atoms with E-state index >= 15 is 0 Å². The Morgan fingerprint density at radius 3 is 2.83 bits per heavy atom. The highest BCUT2D eigenvalue weighted by molar-refractivity contribution is 5.81. The number of rotatable bonds is 3. The zero-order valence-electron chi connectivity index (χ0n) is 7.50. The molecule has 12 heavy (non-hydrogen) atoms. The molecule has 1 saturated carbocycles. The van der Waals surface area contributed by atoms with Gasteiger partial charge in [-0.3, -0.25) is 4.79 Å². The van der Waals surface area contributed by atoms with Crippen LogP contribution < -0.4 is 5.32 Å². The van der Waals surface area contributed by atoms with Gasteiger partial charge in [-0.2, -0.15) is 5.26 Å². The summed E-state index contributed by atoms with van der Waals surface area (Å²) < 4.78 is 0. The molecule has 1 rings (SSSR count). The highest BCUT2D eigenvalue weighted by Gasteiger charge is 2.39. The van der Waals surface area contributed by atoms with Gasteiger partial charge in [-0.15, -0.1) is 0 Å². The van der Waals surface area contributed by atoms with Crippen LogP contribution in [0.4, 0.5) is 0 Å². The molecule has 0 radical (unpaired) electrons. The van der Waals surface area contributed by atoms with Crippen molar-refractivity contribution < 1.29 is 4.79 Å². The second kappa shape index (κ2) is 3.57. The van der Waals surface area contributed by atoms with Crippen molar-refractivity contribution >= 4 is 5.91 Å². The molecule has 3 unspecified atom stereocenters. The SMILES string of the molecule is CC(CC#N)NC(=O)C1CC1C. The van der Waals surface area contributed by atoms with Crippen molar-refractivity contribution in [2.24, 2.45) is 11.8 Å². The number of nitriles is 1. The Morgan fingerprint density at radius 1 is 1.83 bits per heavy atom. The lowest BCUT2D eigenvalue weighted by atomic mass is 10.2. The molecular weight excluding hydrogens is 152 g/mol. The van der Waals surface area contributed by atoms with E-state index in [1.807, 2.05) is 13.0 Å². The fourth-order valence-electron chi connectivity index (χ4n) is 1.23. The molecule has 1 amide bonds. The first-order valence-electron chi connectivity index (χ1n) is 4.32. The molecule has 0 aromatic rings. The molecular formula is C9H14N2O. The Labute approximate surface area is 72.8 Å². The maximum atomic E-state index is 11.3. The first-order valence-corrected chi connectivity index (χ1v) is 4.32. The predicted octanol–water partition coefficient (Wildman–Crippen LogP) is 1.06. The third-order valence-corrected chi connectivity index (χ3v) is 2.23. The van der Waals surface area contributed by atoms with E-state index in [-0.39, 0.29) is 17.9 Å². The van der Waals surface area contributed by atoms with Crippen LogP contribution >= 0.6 is 0 Å². The normalized spacial score (nSPS) is 28.8. The quantitative estimate of drug-likeness (QED) is 0.681. The molecule has 0 aliphatic heterocycles. The van der Waals surface area contributed by atoms with Crippen LogP contribution in [0.3, 0.4) is 0 Å². The predicted molar refractivity (Wildman–Crippen MR) is 45.1 cm³/mol. The summed E-state index contributed by atoms with van der Waals surface area (Å²) in [7, 11) is 0. The van der Waals surface area contributed by atoms with E-state index in [9.17, 15) is 4.79 Å². The third kappa shape index (κ3) is 2.23. The van der Waals surface area contributed by atoms with Crippen LogP contribution in [-0.2, 0) is 4.79 Å². The third-order valence-electron chi connectivity index (χ3n) is 2.23. The van der Waals surface area contributed by atoms with Gasteiger partial charge < -0.3 is 5.32 Å². The van der Waals surface area contributed by atoms with Gasteiger partial charge in [0.25, 0.3) is 0 Å². The molecule has 0 bridgehead atoms. The summed E-state index contributed by atoms with van der Waals surface area (Å²) in [6.45, 7) is 3.92. The van der Waals surface area contributed by atoms with Crippen molar-refractivity contribution in [2.45, 2.75) is 32.7 Å². The molecule has 3 nitrogen and oxygen atoms in total. The Hall–Kier alpha value is -1.04. The van der Waals surface area contributed by atoms with Gasteiger partial charge in [-0.1, -0.05) is 6.92 Å². The number of nitrogens with zero attached hydrogens (tertiary/aromatic N) is 1. The van der Waals surface area contributed by atoms with Gasteiger partial charge in [-0.05, 0) is 19.3 Å². The van der Waals surface area contributed by atoms with Gasteiger partial charge in [0.2, 0.25) is 5.91 Å². The van der Waals surface area contributed by atoms with Crippen LogP contribution in [0.25, 0.3) is 0 Å². The molecule has 1 aliphatic rings. The standard InChI is InChI=1S/C9H14N2O/c1-6-5-8(6)9(12)11-7(2)3-4-10/h6-8H,3,5H2,1-2H3,(H,11,12). The van der Waals surface area contributed by atoms with Crippen LogP contribution in [-0.4, -0.2) is 11.9 Å². The molecule has 1 aliphatic carbocycles. The van der Waals surface area contributed by atoms with Crippen LogP contribution in [0.5, 0.6) is 0 Å². The molecule has 0 spiro atoms. The number of nitrogens with one attached hydrogen (secondary N) is 1.